The number of thioether (sulfide) groups is 1. The van der Waals surface area contributed by atoms with Crippen LogP contribution in [0, 0.1) is 12.8 Å². The molecule has 0 N–H and O–H groups in total. The largest absolute Gasteiger partial charge is 0.340 e. The summed E-state index contributed by atoms with van der Waals surface area (Å²) < 4.78 is 0.999. The maximum atomic E-state index is 12.7. The summed E-state index contributed by atoms with van der Waals surface area (Å²) in [4.78, 5) is 28.9. The molecule has 0 radical (unpaired) electrons. The lowest BCUT2D eigenvalue weighted by Gasteiger charge is -2.28. The van der Waals surface area contributed by atoms with Gasteiger partial charge < -0.3 is 9.80 Å². The Labute approximate surface area is 143 Å². The van der Waals surface area contributed by atoms with E-state index in [0.717, 1.165) is 40.3 Å². The van der Waals surface area contributed by atoms with Gasteiger partial charge in [-0.1, -0.05) is 15.9 Å². The summed E-state index contributed by atoms with van der Waals surface area (Å²) in [5, 5.41) is 0. The topological polar surface area (TPSA) is 40.6 Å². The molecule has 1 atom stereocenters. The fraction of sp³-hybridized carbons (Fsp3) is 0.500. The van der Waals surface area contributed by atoms with Crippen LogP contribution in [0.2, 0.25) is 0 Å². The predicted octanol–water partition coefficient (Wildman–Crippen LogP) is 2.69. The van der Waals surface area contributed by atoms with Gasteiger partial charge in [-0.05, 0) is 37.1 Å². The van der Waals surface area contributed by atoms with Crippen LogP contribution in [0.25, 0.3) is 0 Å². The molecule has 4 nitrogen and oxygen atoms in total. The van der Waals surface area contributed by atoms with E-state index in [1.165, 1.54) is 0 Å². The second kappa shape index (κ2) is 6.62. The van der Waals surface area contributed by atoms with Gasteiger partial charge in [0.15, 0.2) is 0 Å². The van der Waals surface area contributed by atoms with Crippen molar-refractivity contribution >= 4 is 45.2 Å². The lowest BCUT2D eigenvalue weighted by Crippen LogP contribution is -2.44. The van der Waals surface area contributed by atoms with E-state index in [-0.39, 0.29) is 11.8 Å². The van der Waals surface area contributed by atoms with Crippen LogP contribution in [0.5, 0.6) is 0 Å². The average Bonchev–Trinajstić information content (AvgIpc) is 2.89. The molecule has 2 aliphatic heterocycles. The third-order valence-electron chi connectivity index (χ3n) is 4.28. The number of carbonyl (C=O) groups is 2. The Bertz CT molecular complexity index is 602. The minimum Gasteiger partial charge on any atom is -0.340 e. The Hall–Kier alpha value is -1.01. The molecular formula is C16H19BrN2O2S. The van der Waals surface area contributed by atoms with Gasteiger partial charge in [0.05, 0.1) is 0 Å². The average molecular weight is 383 g/mol. The van der Waals surface area contributed by atoms with Crippen molar-refractivity contribution in [3.05, 3.63) is 28.2 Å². The summed E-state index contributed by atoms with van der Waals surface area (Å²) in [6, 6.07) is 5.88. The van der Waals surface area contributed by atoms with Gasteiger partial charge in [-0.2, -0.15) is 11.8 Å². The van der Waals surface area contributed by atoms with Crippen molar-refractivity contribution in [3.8, 4) is 0 Å². The van der Waals surface area contributed by atoms with Crippen molar-refractivity contribution in [2.75, 3.05) is 36.0 Å². The monoisotopic (exact) mass is 382 g/mol. The van der Waals surface area contributed by atoms with E-state index >= 15 is 0 Å². The first kappa shape index (κ1) is 15.9. The van der Waals surface area contributed by atoms with E-state index in [9.17, 15) is 9.59 Å². The molecule has 2 aliphatic rings. The number of aryl methyl sites for hydroxylation is 1. The molecular weight excluding hydrogens is 364 g/mol. The number of nitrogens with zero attached hydrogens (tertiary/aromatic N) is 2. The Morgan fingerprint density at radius 2 is 2.00 bits per heavy atom. The molecule has 0 bridgehead atoms. The molecule has 6 heteroatoms. The van der Waals surface area contributed by atoms with E-state index in [1.54, 1.807) is 4.90 Å². The molecule has 0 unspecified atom stereocenters. The molecule has 2 saturated heterocycles. The van der Waals surface area contributed by atoms with Crippen LogP contribution in [0.1, 0.15) is 12.0 Å². The van der Waals surface area contributed by atoms with Crippen molar-refractivity contribution in [1.29, 1.82) is 0 Å². The Morgan fingerprint density at radius 3 is 2.68 bits per heavy atom. The van der Waals surface area contributed by atoms with Crippen LogP contribution < -0.4 is 4.90 Å². The highest BCUT2D eigenvalue weighted by Gasteiger charge is 2.40. The normalized spacial score (nSPS) is 22.3. The van der Waals surface area contributed by atoms with Gasteiger partial charge in [0.25, 0.3) is 0 Å². The second-order valence-electron chi connectivity index (χ2n) is 5.70. The van der Waals surface area contributed by atoms with Gasteiger partial charge in [-0.3, -0.25) is 9.59 Å². The smallest absolute Gasteiger partial charge is 0.239 e. The number of amides is 2. The number of hydrogen-bond acceptors (Lipinski definition) is 3. The third-order valence-corrected chi connectivity index (χ3v) is 5.71. The van der Waals surface area contributed by atoms with Crippen LogP contribution in [0.4, 0.5) is 5.69 Å². The zero-order valence-electron chi connectivity index (χ0n) is 12.5. The van der Waals surface area contributed by atoms with Gasteiger partial charge >= 0.3 is 0 Å². The first-order valence-electron chi connectivity index (χ1n) is 7.52. The highest BCUT2D eigenvalue weighted by Crippen LogP contribution is 2.31. The Kier molecular flexibility index (Phi) is 4.78. The maximum absolute atomic E-state index is 12.7. The lowest BCUT2D eigenvalue weighted by molar-refractivity contribution is -0.139. The number of anilines is 1. The molecule has 0 aromatic heterocycles. The van der Waals surface area contributed by atoms with Crippen molar-refractivity contribution in [2.24, 2.45) is 5.92 Å². The molecule has 22 heavy (non-hydrogen) atoms. The minimum atomic E-state index is -0.494. The summed E-state index contributed by atoms with van der Waals surface area (Å²) in [7, 11) is 0. The molecule has 2 heterocycles. The fourth-order valence-electron chi connectivity index (χ4n) is 3.07. The Balaban J connectivity index is 1.75. The highest BCUT2D eigenvalue weighted by atomic mass is 79.9. The summed E-state index contributed by atoms with van der Waals surface area (Å²) >= 11 is 5.31. The van der Waals surface area contributed by atoms with Crippen molar-refractivity contribution < 1.29 is 9.59 Å². The van der Waals surface area contributed by atoms with Crippen molar-refractivity contribution in [3.63, 3.8) is 0 Å². The van der Waals surface area contributed by atoms with Crippen LogP contribution >= 0.6 is 27.7 Å². The van der Waals surface area contributed by atoms with Gasteiger partial charge in [0.2, 0.25) is 11.8 Å². The zero-order valence-corrected chi connectivity index (χ0v) is 15.0. The van der Waals surface area contributed by atoms with E-state index in [4.69, 9.17) is 0 Å². The van der Waals surface area contributed by atoms with E-state index in [1.807, 2.05) is 41.8 Å². The summed E-state index contributed by atoms with van der Waals surface area (Å²) in [6.45, 7) is 4.15. The molecule has 118 valence electrons. The number of hydrogen-bond donors (Lipinski definition) is 0. The van der Waals surface area contributed by atoms with E-state index in [0.29, 0.717) is 13.0 Å². The van der Waals surface area contributed by atoms with Gasteiger partial charge in [0.1, 0.15) is 5.92 Å². The molecule has 1 aromatic rings. The first-order chi connectivity index (χ1) is 10.6. The van der Waals surface area contributed by atoms with Crippen LogP contribution in [-0.4, -0.2) is 47.9 Å². The first-order valence-corrected chi connectivity index (χ1v) is 9.47. The van der Waals surface area contributed by atoms with Crippen LogP contribution in [0.3, 0.4) is 0 Å². The summed E-state index contributed by atoms with van der Waals surface area (Å²) in [6.07, 6.45) is 0.622. The Morgan fingerprint density at radius 1 is 1.27 bits per heavy atom. The van der Waals surface area contributed by atoms with Gasteiger partial charge in [0, 0.05) is 41.3 Å². The lowest BCUT2D eigenvalue weighted by atomic mass is 10.1. The number of rotatable bonds is 2. The molecule has 0 aliphatic carbocycles. The van der Waals surface area contributed by atoms with Crippen molar-refractivity contribution in [2.45, 2.75) is 13.3 Å². The molecule has 0 spiro atoms. The molecule has 0 saturated carbocycles. The fourth-order valence-corrected chi connectivity index (χ4v) is 4.45. The van der Waals surface area contributed by atoms with E-state index < -0.39 is 5.92 Å². The standard InChI is InChI=1S/C16H19BrN2O2S/c1-11-10-12(17)2-3-14(11)19-5-4-13(16(19)21)15(20)18-6-8-22-9-7-18/h2-3,10,13H,4-9H2,1H3/t13-/m1/s1. The maximum Gasteiger partial charge on any atom is 0.239 e. The van der Waals surface area contributed by atoms with Crippen molar-refractivity contribution in [1.82, 2.24) is 4.90 Å². The molecule has 3 rings (SSSR count). The highest BCUT2D eigenvalue weighted by molar-refractivity contribution is 9.10. The zero-order chi connectivity index (χ0) is 15.7. The molecule has 2 amide bonds. The molecule has 1 aromatic carbocycles. The summed E-state index contributed by atoms with van der Waals surface area (Å²) in [5.41, 5.74) is 1.96. The SMILES string of the molecule is Cc1cc(Br)ccc1N1CC[C@H](C(=O)N2CCSCC2)C1=O. The van der Waals surface area contributed by atoms with Crippen LogP contribution in [0.15, 0.2) is 22.7 Å². The van der Waals surface area contributed by atoms with E-state index in [2.05, 4.69) is 15.9 Å². The summed E-state index contributed by atoms with van der Waals surface area (Å²) in [5.74, 6) is 1.42. The van der Waals surface area contributed by atoms with Gasteiger partial charge in [-0.25, -0.2) is 0 Å². The molecule has 2 fully saturated rings. The predicted molar refractivity (Wildman–Crippen MR) is 93.2 cm³/mol. The number of carbonyl (C=O) groups excluding carboxylic acids is 2. The quantitative estimate of drug-likeness (QED) is 0.738. The van der Waals surface area contributed by atoms with Crippen LogP contribution in [-0.2, 0) is 9.59 Å². The second-order valence-corrected chi connectivity index (χ2v) is 7.84. The minimum absolute atomic E-state index is 0.0163. The third kappa shape index (κ3) is 3.04. The number of benzene rings is 1. The number of halogens is 1. The van der Waals surface area contributed by atoms with Gasteiger partial charge in [-0.15, -0.1) is 0 Å².